The first-order chi connectivity index (χ1) is 18.4. The fraction of sp³-hybridized carbons (Fsp3) is 0.250. The summed E-state index contributed by atoms with van der Waals surface area (Å²) in [4.78, 5) is 3.63. The number of hydrogen-bond acceptors (Lipinski definition) is 6. The highest BCUT2D eigenvalue weighted by atomic mass is 19.1. The lowest BCUT2D eigenvalue weighted by Crippen LogP contribution is -2.33. The number of nitrogens with zero attached hydrogens (tertiary/aromatic N) is 4. The molecule has 38 heavy (non-hydrogen) atoms. The Labute approximate surface area is 219 Å². The van der Waals surface area contributed by atoms with Crippen LogP contribution in [0.25, 0.3) is 16.1 Å². The summed E-state index contributed by atoms with van der Waals surface area (Å²) in [5.41, 5.74) is 9.24. The van der Waals surface area contributed by atoms with E-state index >= 15 is 0 Å². The van der Waals surface area contributed by atoms with Crippen LogP contribution in [-0.4, -0.2) is 28.2 Å². The van der Waals surface area contributed by atoms with Crippen LogP contribution in [-0.2, 0) is 11.3 Å². The topological polar surface area (TPSA) is 100 Å². The Bertz CT molecular complexity index is 1490. The average molecular weight is 517 g/mol. The third-order valence-corrected chi connectivity index (χ3v) is 6.37. The van der Waals surface area contributed by atoms with Crippen molar-refractivity contribution in [2.24, 2.45) is 0 Å². The number of hydrogen-bond donors (Lipinski definition) is 2. The zero-order valence-electron chi connectivity index (χ0n) is 20.8. The van der Waals surface area contributed by atoms with Crippen molar-refractivity contribution < 1.29 is 28.5 Å². The maximum Gasteiger partial charge on any atom is 0.254 e. The van der Waals surface area contributed by atoms with Gasteiger partial charge < -0.3 is 19.9 Å². The van der Waals surface area contributed by atoms with E-state index < -0.39 is 5.82 Å². The van der Waals surface area contributed by atoms with Gasteiger partial charge in [-0.15, -0.1) is 0 Å². The Kier molecular flexibility index (Phi) is 7.11. The van der Waals surface area contributed by atoms with E-state index in [0.717, 1.165) is 28.7 Å². The van der Waals surface area contributed by atoms with E-state index in [2.05, 4.69) is 9.94 Å². The molecule has 0 radical (unpaired) electrons. The normalized spacial score (nSPS) is 13.7. The molecular weight excluding hydrogens is 489 g/mol. The van der Waals surface area contributed by atoms with Gasteiger partial charge in [0.15, 0.2) is 0 Å². The molecule has 0 unspecified atom stereocenters. The van der Waals surface area contributed by atoms with Crippen molar-refractivity contribution in [3.63, 3.8) is 0 Å². The lowest BCUT2D eigenvalue weighted by atomic mass is 10.1. The third-order valence-electron chi connectivity index (χ3n) is 6.37. The van der Waals surface area contributed by atoms with Crippen LogP contribution in [0, 0.1) is 19.3 Å². The summed E-state index contributed by atoms with van der Waals surface area (Å²) < 4.78 is 34.0. The zero-order valence-corrected chi connectivity index (χ0v) is 20.8. The van der Waals surface area contributed by atoms with E-state index in [1.807, 2.05) is 6.07 Å². The van der Waals surface area contributed by atoms with Gasteiger partial charge >= 0.3 is 0 Å². The van der Waals surface area contributed by atoms with E-state index in [-0.39, 0.29) is 24.1 Å². The van der Waals surface area contributed by atoms with E-state index in [9.17, 15) is 9.60 Å². The summed E-state index contributed by atoms with van der Waals surface area (Å²) >= 11 is 0. The molecule has 2 aromatic heterocycles. The van der Waals surface area contributed by atoms with Crippen molar-refractivity contribution in [1.82, 2.24) is 9.78 Å². The van der Waals surface area contributed by atoms with Crippen LogP contribution >= 0.6 is 0 Å². The van der Waals surface area contributed by atoms with Gasteiger partial charge in [0.25, 0.3) is 5.69 Å². The number of rotatable bonds is 7. The Morgan fingerprint density at radius 1 is 1.13 bits per heavy atom. The summed E-state index contributed by atoms with van der Waals surface area (Å²) in [6.07, 6.45) is 3.12. The molecule has 4 aromatic rings. The minimum atomic E-state index is -0.508. The molecule has 0 atom stereocenters. The Morgan fingerprint density at radius 2 is 1.87 bits per heavy atom. The quantitative estimate of drug-likeness (QED) is 0.194. The number of nitrogen functional groups attached to an aromatic ring is 1. The molecule has 9 nitrogen and oxygen atoms in total. The smallest absolute Gasteiger partial charge is 0.254 e. The van der Waals surface area contributed by atoms with Gasteiger partial charge in [0.05, 0.1) is 18.2 Å². The molecule has 1 aliphatic heterocycles. The molecule has 1 saturated heterocycles. The standard InChI is InChI=1S/C28H27FN5O4/c1-18-3-4-19(16-33(18)35)17-37-24-13-21(29)14-25(15-24)38-23-7-5-20(6-8-23)26-27(31-2)28(30)34(32-26)22-9-11-36-12-10-22/h3-8,13-16,22,35H,9-12,17,30H2,1H3/q+1. The van der Waals surface area contributed by atoms with Crippen molar-refractivity contribution >= 4 is 11.5 Å². The molecule has 3 heterocycles. The summed E-state index contributed by atoms with van der Waals surface area (Å²) in [5.74, 6) is 0.882. The highest BCUT2D eigenvalue weighted by Gasteiger charge is 2.24. The lowest BCUT2D eigenvalue weighted by Gasteiger charge is -2.23. The molecule has 5 rings (SSSR count). The SMILES string of the molecule is [C-]#[N+]c1c(-c2ccc(Oc3cc(F)cc(OCc4ccc(C)[n+](O)c4)c3)cc2)nn(C2CCOCC2)c1N. The molecule has 0 bridgehead atoms. The average Bonchev–Trinajstić information content (AvgIpc) is 3.26. The van der Waals surface area contributed by atoms with Crippen LogP contribution in [0.2, 0.25) is 0 Å². The summed E-state index contributed by atoms with van der Waals surface area (Å²) in [6.45, 7) is 10.8. The molecule has 10 heteroatoms. The zero-order chi connectivity index (χ0) is 26.6. The number of pyridine rings is 1. The lowest BCUT2D eigenvalue weighted by molar-refractivity contribution is -0.909. The molecular formula is C28H27FN5O4+. The van der Waals surface area contributed by atoms with Crippen LogP contribution < -0.4 is 19.9 Å². The molecule has 0 aliphatic carbocycles. The Balaban J connectivity index is 1.31. The number of aryl methyl sites for hydroxylation is 1. The largest absolute Gasteiger partial charge is 0.488 e. The molecule has 2 aromatic carbocycles. The van der Waals surface area contributed by atoms with Gasteiger partial charge in [-0.25, -0.2) is 9.24 Å². The molecule has 0 amide bonds. The van der Waals surface area contributed by atoms with E-state index in [0.29, 0.717) is 41.9 Å². The minimum Gasteiger partial charge on any atom is -0.488 e. The Morgan fingerprint density at radius 3 is 2.58 bits per heavy atom. The number of benzene rings is 2. The second kappa shape index (κ2) is 10.8. The maximum atomic E-state index is 14.3. The highest BCUT2D eigenvalue weighted by molar-refractivity contribution is 5.83. The van der Waals surface area contributed by atoms with Gasteiger partial charge in [-0.05, 0) is 36.6 Å². The second-order valence-electron chi connectivity index (χ2n) is 9.04. The summed E-state index contributed by atoms with van der Waals surface area (Å²) in [5, 5.41) is 14.5. The van der Waals surface area contributed by atoms with E-state index in [1.165, 1.54) is 18.3 Å². The maximum absolute atomic E-state index is 14.3. The van der Waals surface area contributed by atoms with Crippen molar-refractivity contribution in [2.45, 2.75) is 32.4 Å². The fourth-order valence-corrected chi connectivity index (χ4v) is 4.31. The molecule has 1 aliphatic rings. The van der Waals surface area contributed by atoms with Crippen molar-refractivity contribution in [2.75, 3.05) is 18.9 Å². The van der Waals surface area contributed by atoms with Gasteiger partial charge in [-0.1, -0.05) is 12.1 Å². The van der Waals surface area contributed by atoms with Crippen LogP contribution in [0.3, 0.4) is 0 Å². The highest BCUT2D eigenvalue weighted by Crippen LogP contribution is 2.39. The first kappa shape index (κ1) is 25.0. The van der Waals surface area contributed by atoms with Gasteiger partial charge in [0.1, 0.15) is 41.2 Å². The summed E-state index contributed by atoms with van der Waals surface area (Å²) in [7, 11) is 0. The summed E-state index contributed by atoms with van der Waals surface area (Å²) in [6, 6.07) is 14.8. The van der Waals surface area contributed by atoms with Gasteiger partial charge in [0.2, 0.25) is 11.9 Å². The van der Waals surface area contributed by atoms with Crippen LogP contribution in [0.5, 0.6) is 17.2 Å². The molecule has 194 valence electrons. The number of ether oxygens (including phenoxy) is 3. The van der Waals surface area contributed by atoms with Gasteiger partial charge in [0, 0.05) is 49.1 Å². The van der Waals surface area contributed by atoms with Crippen LogP contribution in [0.1, 0.15) is 30.1 Å². The van der Waals surface area contributed by atoms with Crippen LogP contribution in [0.4, 0.5) is 15.9 Å². The number of aromatic nitrogens is 3. The second-order valence-corrected chi connectivity index (χ2v) is 9.04. The Hall–Kier alpha value is -4.62. The number of nitrogens with two attached hydrogens (primary N) is 1. The van der Waals surface area contributed by atoms with E-state index in [1.54, 1.807) is 48.0 Å². The first-order valence-corrected chi connectivity index (χ1v) is 12.2. The van der Waals surface area contributed by atoms with Crippen molar-refractivity contribution in [3.05, 3.63) is 89.3 Å². The molecule has 0 saturated carbocycles. The predicted octanol–water partition coefficient (Wildman–Crippen LogP) is 5.38. The number of anilines is 1. The third kappa shape index (κ3) is 5.38. The van der Waals surface area contributed by atoms with Crippen molar-refractivity contribution in [3.8, 4) is 28.5 Å². The molecule has 0 spiro atoms. The first-order valence-electron chi connectivity index (χ1n) is 12.2. The predicted molar refractivity (Wildman–Crippen MR) is 137 cm³/mol. The monoisotopic (exact) mass is 516 g/mol. The van der Waals surface area contributed by atoms with Gasteiger partial charge in [-0.3, -0.25) is 9.89 Å². The molecule has 1 fully saturated rings. The molecule has 3 N–H and O–H groups in total. The fourth-order valence-electron chi connectivity index (χ4n) is 4.31. The van der Waals surface area contributed by atoms with Gasteiger partial charge in [-0.2, -0.15) is 5.10 Å². The number of halogens is 1. The van der Waals surface area contributed by atoms with E-state index in [4.69, 9.17) is 26.5 Å². The van der Waals surface area contributed by atoms with Crippen molar-refractivity contribution in [1.29, 1.82) is 0 Å². The van der Waals surface area contributed by atoms with Crippen LogP contribution in [0.15, 0.2) is 60.8 Å². The minimum absolute atomic E-state index is 0.0976.